The molecule has 0 N–H and O–H groups in total. The molecule has 1 aromatic heterocycles. The van der Waals surface area contributed by atoms with E-state index in [0.29, 0.717) is 17.9 Å². The molecule has 40 heavy (non-hydrogen) atoms. The largest absolute Gasteiger partial charge is 0.342 e. The highest BCUT2D eigenvalue weighted by Gasteiger charge is 2.42. The van der Waals surface area contributed by atoms with Crippen LogP contribution in [0, 0.1) is 13.8 Å². The molecular formula is C34H27N3O2S. The van der Waals surface area contributed by atoms with Gasteiger partial charge in [-0.2, -0.15) is 0 Å². The van der Waals surface area contributed by atoms with Gasteiger partial charge in [0, 0.05) is 29.2 Å². The number of nitrogens with zero attached hydrogens (tertiary/aromatic N) is 3. The zero-order chi connectivity index (χ0) is 27.8. The normalized spacial score (nSPS) is 13.8. The molecule has 1 fully saturated rings. The Morgan fingerprint density at radius 3 is 1.80 bits per heavy atom. The van der Waals surface area contributed by atoms with Gasteiger partial charge in [0.15, 0.2) is 5.11 Å². The van der Waals surface area contributed by atoms with Crippen molar-refractivity contribution >= 4 is 57.5 Å². The summed E-state index contributed by atoms with van der Waals surface area (Å²) in [6.07, 6.45) is 3.72. The molecule has 0 atom stereocenters. The standard InChI is InChI=1S/C34H27N3O2S/c1-23-12-6-9-17-29(23)36-32(38)28(33(39)37(34(36)40)30-18-10-7-13-24(30)2)20-26-22-35(21-25-14-4-3-5-15-25)31-19-11-8-16-27(26)31/h3-20,22H,21H2,1-2H3. The van der Waals surface area contributed by atoms with Crippen LogP contribution in [-0.2, 0) is 16.1 Å². The fourth-order valence-corrected chi connectivity index (χ4v) is 5.60. The summed E-state index contributed by atoms with van der Waals surface area (Å²) < 4.78 is 2.15. The van der Waals surface area contributed by atoms with Crippen LogP contribution in [0.4, 0.5) is 11.4 Å². The fourth-order valence-electron chi connectivity index (χ4n) is 5.24. The van der Waals surface area contributed by atoms with Crippen LogP contribution >= 0.6 is 12.2 Å². The molecule has 0 spiro atoms. The maximum absolute atomic E-state index is 14.1. The Labute approximate surface area is 238 Å². The number of amides is 2. The maximum Gasteiger partial charge on any atom is 0.270 e. The van der Waals surface area contributed by atoms with E-state index in [2.05, 4.69) is 22.8 Å². The Kier molecular flexibility index (Phi) is 6.62. The van der Waals surface area contributed by atoms with E-state index in [1.807, 2.05) is 105 Å². The number of hydrogen-bond donors (Lipinski definition) is 0. The second-order valence-corrected chi connectivity index (χ2v) is 10.3. The summed E-state index contributed by atoms with van der Waals surface area (Å²) in [6, 6.07) is 33.4. The van der Waals surface area contributed by atoms with E-state index < -0.39 is 11.8 Å². The number of hydrogen-bond acceptors (Lipinski definition) is 3. The quantitative estimate of drug-likeness (QED) is 0.136. The van der Waals surface area contributed by atoms with Crippen LogP contribution in [0.1, 0.15) is 22.3 Å². The first kappa shape index (κ1) is 25.5. The Morgan fingerprint density at radius 1 is 0.675 bits per heavy atom. The second kappa shape index (κ2) is 10.4. The van der Waals surface area contributed by atoms with E-state index in [9.17, 15) is 9.59 Å². The molecular weight excluding hydrogens is 514 g/mol. The number of para-hydroxylation sites is 3. The van der Waals surface area contributed by atoms with Crippen LogP contribution < -0.4 is 9.80 Å². The van der Waals surface area contributed by atoms with Gasteiger partial charge < -0.3 is 4.57 Å². The molecule has 0 saturated carbocycles. The van der Waals surface area contributed by atoms with Gasteiger partial charge in [0.1, 0.15) is 5.57 Å². The lowest BCUT2D eigenvalue weighted by molar-refractivity contribution is -0.120. The molecule has 1 aliphatic rings. The van der Waals surface area contributed by atoms with Crippen molar-refractivity contribution in [2.45, 2.75) is 20.4 Å². The first-order valence-electron chi connectivity index (χ1n) is 13.1. The number of anilines is 2. The molecule has 0 unspecified atom stereocenters. The number of rotatable bonds is 5. The molecule has 0 aliphatic carbocycles. The van der Waals surface area contributed by atoms with E-state index >= 15 is 0 Å². The predicted octanol–water partition coefficient (Wildman–Crippen LogP) is 7.05. The van der Waals surface area contributed by atoms with Gasteiger partial charge in [-0.25, -0.2) is 0 Å². The minimum atomic E-state index is -0.436. The van der Waals surface area contributed by atoms with E-state index in [1.54, 1.807) is 6.08 Å². The Hall–Kier alpha value is -4.81. The molecule has 1 aliphatic heterocycles. The lowest BCUT2D eigenvalue weighted by atomic mass is 10.0. The molecule has 6 rings (SSSR count). The Morgan fingerprint density at radius 2 is 1.20 bits per heavy atom. The Bertz CT molecular complexity index is 1750. The zero-order valence-corrected chi connectivity index (χ0v) is 23.1. The SMILES string of the molecule is Cc1ccccc1N1C(=O)C(=Cc2cn(Cc3ccccc3)c3ccccc23)C(=O)N(c2ccccc2C)C1=S. The van der Waals surface area contributed by atoms with E-state index in [0.717, 1.165) is 33.2 Å². The molecule has 2 heterocycles. The van der Waals surface area contributed by atoms with Crippen molar-refractivity contribution in [3.8, 4) is 0 Å². The molecule has 5 aromatic rings. The van der Waals surface area contributed by atoms with Gasteiger partial charge in [-0.1, -0.05) is 84.9 Å². The van der Waals surface area contributed by atoms with Gasteiger partial charge in [0.25, 0.3) is 11.8 Å². The fraction of sp³-hybridized carbons (Fsp3) is 0.0882. The average molecular weight is 542 g/mol. The van der Waals surface area contributed by atoms with Gasteiger partial charge in [0.2, 0.25) is 0 Å². The number of fused-ring (bicyclic) bond motifs is 1. The van der Waals surface area contributed by atoms with E-state index in [4.69, 9.17) is 12.2 Å². The molecule has 4 aromatic carbocycles. The summed E-state index contributed by atoms with van der Waals surface area (Å²) in [6.45, 7) is 4.53. The maximum atomic E-state index is 14.1. The first-order chi connectivity index (χ1) is 19.4. The molecule has 0 bridgehead atoms. The third-order valence-corrected chi connectivity index (χ3v) is 7.64. The van der Waals surface area contributed by atoms with Gasteiger partial charge >= 0.3 is 0 Å². The molecule has 0 radical (unpaired) electrons. The van der Waals surface area contributed by atoms with Crippen LogP contribution in [0.25, 0.3) is 17.0 Å². The van der Waals surface area contributed by atoms with Gasteiger partial charge in [-0.05, 0) is 67.0 Å². The third-order valence-electron chi connectivity index (χ3n) is 7.28. The highest BCUT2D eigenvalue weighted by atomic mass is 32.1. The van der Waals surface area contributed by atoms with Crippen molar-refractivity contribution in [2.24, 2.45) is 0 Å². The average Bonchev–Trinajstić information content (AvgIpc) is 3.30. The number of aryl methyl sites for hydroxylation is 2. The lowest BCUT2D eigenvalue weighted by Crippen LogP contribution is -2.57. The number of thiocarbonyl (C=S) groups is 1. The van der Waals surface area contributed by atoms with Gasteiger partial charge in [0.05, 0.1) is 11.4 Å². The predicted molar refractivity (Wildman–Crippen MR) is 165 cm³/mol. The third kappa shape index (κ3) is 4.42. The topological polar surface area (TPSA) is 45.6 Å². The van der Waals surface area contributed by atoms with Crippen LogP contribution in [0.5, 0.6) is 0 Å². The number of aromatic nitrogens is 1. The summed E-state index contributed by atoms with van der Waals surface area (Å²) in [4.78, 5) is 31.2. The van der Waals surface area contributed by atoms with Crippen molar-refractivity contribution < 1.29 is 9.59 Å². The summed E-state index contributed by atoms with van der Waals surface area (Å²) in [5, 5.41) is 1.10. The van der Waals surface area contributed by atoms with Crippen molar-refractivity contribution in [1.82, 2.24) is 4.57 Å². The van der Waals surface area contributed by atoms with Crippen molar-refractivity contribution in [3.05, 3.63) is 137 Å². The van der Waals surface area contributed by atoms with Gasteiger partial charge in [-0.15, -0.1) is 0 Å². The summed E-state index contributed by atoms with van der Waals surface area (Å²) in [5.74, 6) is -0.872. The molecule has 2 amide bonds. The van der Waals surface area contributed by atoms with Crippen LogP contribution in [0.2, 0.25) is 0 Å². The summed E-state index contributed by atoms with van der Waals surface area (Å²) in [5.41, 5.74) is 6.12. The highest BCUT2D eigenvalue weighted by molar-refractivity contribution is 7.81. The summed E-state index contributed by atoms with van der Waals surface area (Å²) >= 11 is 5.84. The number of carbonyl (C=O) groups is 2. The van der Waals surface area contributed by atoms with Crippen LogP contribution in [0.3, 0.4) is 0 Å². The van der Waals surface area contributed by atoms with Crippen LogP contribution in [0.15, 0.2) is 115 Å². The minimum Gasteiger partial charge on any atom is -0.342 e. The molecule has 6 heteroatoms. The van der Waals surface area contributed by atoms with Crippen molar-refractivity contribution in [1.29, 1.82) is 0 Å². The summed E-state index contributed by atoms with van der Waals surface area (Å²) in [7, 11) is 0. The Balaban J connectivity index is 1.52. The second-order valence-electron chi connectivity index (χ2n) is 9.91. The molecule has 196 valence electrons. The molecule has 1 saturated heterocycles. The molecule has 5 nitrogen and oxygen atoms in total. The van der Waals surface area contributed by atoms with E-state index in [-0.39, 0.29) is 10.7 Å². The number of benzene rings is 4. The van der Waals surface area contributed by atoms with Crippen LogP contribution in [-0.4, -0.2) is 21.5 Å². The number of carbonyl (C=O) groups excluding carboxylic acids is 2. The minimum absolute atomic E-state index is 0.0581. The highest BCUT2D eigenvalue weighted by Crippen LogP contribution is 2.34. The van der Waals surface area contributed by atoms with E-state index in [1.165, 1.54) is 9.80 Å². The van der Waals surface area contributed by atoms with Crippen molar-refractivity contribution in [2.75, 3.05) is 9.80 Å². The smallest absolute Gasteiger partial charge is 0.270 e. The first-order valence-corrected chi connectivity index (χ1v) is 13.5. The van der Waals surface area contributed by atoms with Gasteiger partial charge in [-0.3, -0.25) is 19.4 Å². The zero-order valence-electron chi connectivity index (χ0n) is 22.2. The van der Waals surface area contributed by atoms with Crippen molar-refractivity contribution in [3.63, 3.8) is 0 Å². The lowest BCUT2D eigenvalue weighted by Gasteiger charge is -2.37. The monoisotopic (exact) mass is 541 g/mol.